The van der Waals surface area contributed by atoms with Gasteiger partial charge >= 0.3 is 0 Å². The predicted octanol–water partition coefficient (Wildman–Crippen LogP) is 2.87. The van der Waals surface area contributed by atoms with Crippen LogP contribution in [0.15, 0.2) is 41.3 Å². The lowest BCUT2D eigenvalue weighted by Gasteiger charge is -2.12. The van der Waals surface area contributed by atoms with Gasteiger partial charge in [0.05, 0.1) is 5.69 Å². The lowest BCUT2D eigenvalue weighted by atomic mass is 10.2. The molecular weight excluding hydrogens is 254 g/mol. The van der Waals surface area contributed by atoms with Gasteiger partial charge in [0.2, 0.25) is 0 Å². The molecule has 1 unspecified atom stereocenters. The smallest absolute Gasteiger partial charge is 0.0596 e. The molecule has 19 heavy (non-hydrogen) atoms. The first kappa shape index (κ1) is 14.2. The molecule has 0 saturated carbocycles. The molecule has 1 atom stereocenters. The highest BCUT2D eigenvalue weighted by Crippen LogP contribution is 2.18. The Morgan fingerprint density at radius 1 is 1.32 bits per heavy atom. The van der Waals surface area contributed by atoms with Crippen LogP contribution in [-0.4, -0.2) is 21.6 Å². The third kappa shape index (κ3) is 4.11. The van der Waals surface area contributed by atoms with Crippen molar-refractivity contribution in [3.8, 4) is 0 Å². The number of hydrogen-bond acceptors (Lipinski definition) is 3. The van der Waals surface area contributed by atoms with Gasteiger partial charge in [-0.1, -0.05) is 18.2 Å². The lowest BCUT2D eigenvalue weighted by Crippen LogP contribution is -2.26. The first-order valence-electron chi connectivity index (χ1n) is 6.65. The van der Waals surface area contributed by atoms with Gasteiger partial charge in [0, 0.05) is 35.3 Å². The molecular formula is C15H21N3S. The molecule has 0 saturated heterocycles. The van der Waals surface area contributed by atoms with Crippen LogP contribution in [0.4, 0.5) is 0 Å². The van der Waals surface area contributed by atoms with Crippen molar-refractivity contribution in [3.63, 3.8) is 0 Å². The SMILES string of the molecule is CCn1nc(C)cc1CC(N)CSc1ccccc1. The first-order valence-corrected chi connectivity index (χ1v) is 7.64. The zero-order chi connectivity index (χ0) is 13.7. The summed E-state index contributed by atoms with van der Waals surface area (Å²) in [5.41, 5.74) is 8.53. The van der Waals surface area contributed by atoms with E-state index in [4.69, 9.17) is 5.73 Å². The Balaban J connectivity index is 1.88. The van der Waals surface area contributed by atoms with E-state index in [0.717, 1.165) is 24.4 Å². The van der Waals surface area contributed by atoms with E-state index >= 15 is 0 Å². The van der Waals surface area contributed by atoms with Crippen LogP contribution in [-0.2, 0) is 13.0 Å². The second-order valence-corrected chi connectivity index (χ2v) is 5.77. The molecule has 3 nitrogen and oxygen atoms in total. The molecule has 4 heteroatoms. The summed E-state index contributed by atoms with van der Waals surface area (Å²) >= 11 is 1.81. The highest BCUT2D eigenvalue weighted by molar-refractivity contribution is 7.99. The summed E-state index contributed by atoms with van der Waals surface area (Å²) in [5.74, 6) is 0.929. The molecule has 1 heterocycles. The molecule has 0 radical (unpaired) electrons. The minimum Gasteiger partial charge on any atom is -0.327 e. The third-order valence-corrected chi connectivity index (χ3v) is 4.16. The largest absolute Gasteiger partial charge is 0.327 e. The van der Waals surface area contributed by atoms with Crippen LogP contribution >= 0.6 is 11.8 Å². The average Bonchev–Trinajstić information content (AvgIpc) is 2.77. The van der Waals surface area contributed by atoms with Gasteiger partial charge in [0.15, 0.2) is 0 Å². The molecule has 0 aliphatic rings. The standard InChI is InChI=1S/C15H21N3S/c1-3-18-14(9-12(2)17-18)10-13(16)11-19-15-7-5-4-6-8-15/h4-9,13H,3,10-11,16H2,1-2H3. The summed E-state index contributed by atoms with van der Waals surface area (Å²) in [7, 11) is 0. The zero-order valence-electron chi connectivity index (χ0n) is 11.5. The summed E-state index contributed by atoms with van der Waals surface area (Å²) in [6.45, 7) is 5.04. The van der Waals surface area contributed by atoms with Gasteiger partial charge in [0.1, 0.15) is 0 Å². The number of aryl methyl sites for hydroxylation is 2. The molecule has 1 aromatic heterocycles. The zero-order valence-corrected chi connectivity index (χ0v) is 12.4. The van der Waals surface area contributed by atoms with Gasteiger partial charge in [-0.15, -0.1) is 11.8 Å². The summed E-state index contributed by atoms with van der Waals surface area (Å²) in [6.07, 6.45) is 0.883. The van der Waals surface area contributed by atoms with Crippen LogP contribution < -0.4 is 5.73 Å². The summed E-state index contributed by atoms with van der Waals surface area (Å²) in [4.78, 5) is 1.28. The monoisotopic (exact) mass is 275 g/mol. The van der Waals surface area contributed by atoms with Crippen LogP contribution in [0.25, 0.3) is 0 Å². The van der Waals surface area contributed by atoms with Crippen molar-refractivity contribution in [1.29, 1.82) is 0 Å². The fourth-order valence-electron chi connectivity index (χ4n) is 2.08. The predicted molar refractivity (Wildman–Crippen MR) is 81.5 cm³/mol. The van der Waals surface area contributed by atoms with Gasteiger partial charge < -0.3 is 5.73 Å². The Labute approximate surface area is 119 Å². The maximum Gasteiger partial charge on any atom is 0.0596 e. The molecule has 2 aromatic rings. The quantitative estimate of drug-likeness (QED) is 0.824. The molecule has 0 spiro atoms. The Morgan fingerprint density at radius 3 is 2.74 bits per heavy atom. The van der Waals surface area contributed by atoms with Crippen molar-refractivity contribution < 1.29 is 0 Å². The molecule has 0 aliphatic heterocycles. The van der Waals surface area contributed by atoms with Crippen LogP contribution in [0.5, 0.6) is 0 Å². The summed E-state index contributed by atoms with van der Waals surface area (Å²) in [5, 5.41) is 4.45. The highest BCUT2D eigenvalue weighted by Gasteiger charge is 2.10. The third-order valence-electron chi connectivity index (χ3n) is 2.96. The van der Waals surface area contributed by atoms with Crippen molar-refractivity contribution in [2.45, 2.75) is 37.8 Å². The van der Waals surface area contributed by atoms with E-state index in [2.05, 4.69) is 42.4 Å². The van der Waals surface area contributed by atoms with E-state index in [0.29, 0.717) is 0 Å². The van der Waals surface area contributed by atoms with Gasteiger partial charge in [-0.2, -0.15) is 5.10 Å². The van der Waals surface area contributed by atoms with Crippen molar-refractivity contribution in [2.24, 2.45) is 5.73 Å². The lowest BCUT2D eigenvalue weighted by molar-refractivity contribution is 0.594. The van der Waals surface area contributed by atoms with Crippen LogP contribution in [0.3, 0.4) is 0 Å². The number of aromatic nitrogens is 2. The number of hydrogen-bond donors (Lipinski definition) is 1. The van der Waals surface area contributed by atoms with E-state index in [1.165, 1.54) is 10.6 Å². The normalized spacial score (nSPS) is 12.6. The fourth-order valence-corrected chi connectivity index (χ4v) is 2.96. The van der Waals surface area contributed by atoms with E-state index in [-0.39, 0.29) is 6.04 Å². The topological polar surface area (TPSA) is 43.8 Å². The second-order valence-electron chi connectivity index (χ2n) is 4.68. The number of benzene rings is 1. The summed E-state index contributed by atoms with van der Waals surface area (Å²) in [6, 6.07) is 12.7. The van der Waals surface area contributed by atoms with Crippen molar-refractivity contribution >= 4 is 11.8 Å². The Hall–Kier alpha value is -1.26. The van der Waals surface area contributed by atoms with E-state index < -0.39 is 0 Å². The van der Waals surface area contributed by atoms with Gasteiger partial charge in [-0.05, 0) is 32.0 Å². The van der Waals surface area contributed by atoms with Crippen LogP contribution in [0.2, 0.25) is 0 Å². The van der Waals surface area contributed by atoms with E-state index in [9.17, 15) is 0 Å². The van der Waals surface area contributed by atoms with Crippen LogP contribution in [0, 0.1) is 6.92 Å². The second kappa shape index (κ2) is 6.78. The molecule has 102 valence electrons. The number of nitrogens with two attached hydrogens (primary N) is 1. The average molecular weight is 275 g/mol. The maximum atomic E-state index is 6.22. The summed E-state index contributed by atoms with van der Waals surface area (Å²) < 4.78 is 2.04. The molecule has 0 fully saturated rings. The van der Waals surface area contributed by atoms with Gasteiger partial charge in [-0.3, -0.25) is 4.68 Å². The molecule has 0 aliphatic carbocycles. The number of rotatable bonds is 6. The molecule has 0 bridgehead atoms. The first-order chi connectivity index (χ1) is 9.19. The van der Waals surface area contributed by atoms with Crippen molar-refractivity contribution in [2.75, 3.05) is 5.75 Å². The molecule has 0 amide bonds. The minimum absolute atomic E-state index is 0.159. The van der Waals surface area contributed by atoms with Gasteiger partial charge in [0.25, 0.3) is 0 Å². The number of nitrogens with zero attached hydrogens (tertiary/aromatic N) is 2. The number of thioether (sulfide) groups is 1. The van der Waals surface area contributed by atoms with Crippen LogP contribution in [0.1, 0.15) is 18.3 Å². The maximum absolute atomic E-state index is 6.22. The Morgan fingerprint density at radius 2 is 2.05 bits per heavy atom. The van der Waals surface area contributed by atoms with Crippen molar-refractivity contribution in [1.82, 2.24) is 9.78 Å². The minimum atomic E-state index is 0.159. The van der Waals surface area contributed by atoms with E-state index in [1.54, 1.807) is 0 Å². The molecule has 1 aromatic carbocycles. The molecule has 2 rings (SSSR count). The van der Waals surface area contributed by atoms with E-state index in [1.807, 2.05) is 29.4 Å². The molecule has 2 N–H and O–H groups in total. The highest BCUT2D eigenvalue weighted by atomic mass is 32.2. The van der Waals surface area contributed by atoms with Gasteiger partial charge in [-0.25, -0.2) is 0 Å². The Kier molecular flexibility index (Phi) is 5.05. The Bertz CT molecular complexity index is 507. The fraction of sp³-hybridized carbons (Fsp3) is 0.400. The van der Waals surface area contributed by atoms with Crippen molar-refractivity contribution in [3.05, 3.63) is 47.8 Å².